The normalized spacial score (nSPS) is 13.7. The van der Waals surface area contributed by atoms with Crippen LogP contribution in [-0.2, 0) is 9.59 Å². The zero-order valence-electron chi connectivity index (χ0n) is 13.2. The van der Waals surface area contributed by atoms with Gasteiger partial charge in [0.25, 0.3) is 0 Å². The molecule has 0 saturated heterocycles. The fourth-order valence-corrected chi connectivity index (χ4v) is 3.23. The van der Waals surface area contributed by atoms with E-state index < -0.39 is 17.9 Å². The molecule has 0 heterocycles. The number of carboxylic acids is 1. The van der Waals surface area contributed by atoms with Crippen LogP contribution in [0, 0.1) is 0 Å². The third-order valence-corrected chi connectivity index (χ3v) is 4.37. The van der Waals surface area contributed by atoms with E-state index in [2.05, 4.69) is 11.9 Å². The molecule has 0 saturated carbocycles. The van der Waals surface area contributed by atoms with Crippen molar-refractivity contribution in [2.24, 2.45) is 0 Å². The summed E-state index contributed by atoms with van der Waals surface area (Å²) in [6, 6.07) is 14.6. The van der Waals surface area contributed by atoms with E-state index in [0.717, 1.165) is 22.3 Å². The molecule has 2 aromatic carbocycles. The average Bonchev–Trinajstić information content (AvgIpc) is 2.93. The number of aliphatic carboxylic acids is 1. The van der Waals surface area contributed by atoms with Crippen LogP contribution in [0.3, 0.4) is 0 Å². The Morgan fingerprint density at radius 2 is 1.62 bits per heavy atom. The maximum Gasteiger partial charge on any atom is 0.326 e. The standard InChI is InChI=1S/C20H19NO3/c1-2-3-12-17(20(23)24)21-19(22)18-15-10-6-4-8-13(15)14-9-5-7-11-16(14)18/h2,4-11,17-18H,1,3,12H2,(H,21,22)(H,23,24)/t17-/m0/s1. The lowest BCUT2D eigenvalue weighted by Gasteiger charge is -2.18. The van der Waals surface area contributed by atoms with Gasteiger partial charge in [0.15, 0.2) is 0 Å². The highest BCUT2D eigenvalue weighted by atomic mass is 16.4. The summed E-state index contributed by atoms with van der Waals surface area (Å²) in [5, 5.41) is 12.0. The second-order valence-electron chi connectivity index (χ2n) is 5.87. The molecule has 1 aliphatic carbocycles. The minimum absolute atomic E-state index is 0.274. The Bertz CT molecular complexity index is 751. The predicted molar refractivity (Wildman–Crippen MR) is 92.7 cm³/mol. The lowest BCUT2D eigenvalue weighted by molar-refractivity contribution is -0.142. The number of amides is 1. The largest absolute Gasteiger partial charge is 0.480 e. The van der Waals surface area contributed by atoms with Crippen LogP contribution >= 0.6 is 0 Å². The Morgan fingerprint density at radius 3 is 2.12 bits per heavy atom. The van der Waals surface area contributed by atoms with Crippen LogP contribution < -0.4 is 5.32 Å². The van der Waals surface area contributed by atoms with Gasteiger partial charge in [-0.25, -0.2) is 4.79 Å². The van der Waals surface area contributed by atoms with Crippen molar-refractivity contribution >= 4 is 11.9 Å². The quantitative estimate of drug-likeness (QED) is 0.802. The van der Waals surface area contributed by atoms with Crippen molar-refractivity contribution in [3.05, 3.63) is 72.3 Å². The van der Waals surface area contributed by atoms with E-state index in [9.17, 15) is 14.7 Å². The first-order valence-corrected chi connectivity index (χ1v) is 7.95. The third kappa shape index (κ3) is 2.83. The van der Waals surface area contributed by atoms with Crippen molar-refractivity contribution in [2.75, 3.05) is 0 Å². The van der Waals surface area contributed by atoms with Crippen LogP contribution in [0.1, 0.15) is 29.9 Å². The number of rotatable bonds is 6. The van der Waals surface area contributed by atoms with E-state index >= 15 is 0 Å². The lowest BCUT2D eigenvalue weighted by atomic mass is 9.95. The van der Waals surface area contributed by atoms with Gasteiger partial charge in [-0.05, 0) is 35.1 Å². The molecule has 3 rings (SSSR count). The molecular formula is C20H19NO3. The zero-order valence-corrected chi connectivity index (χ0v) is 13.2. The number of hydrogen-bond donors (Lipinski definition) is 2. The number of hydrogen-bond acceptors (Lipinski definition) is 2. The van der Waals surface area contributed by atoms with Gasteiger partial charge in [-0.15, -0.1) is 6.58 Å². The fraction of sp³-hybridized carbons (Fsp3) is 0.200. The van der Waals surface area contributed by atoms with Gasteiger partial charge in [-0.3, -0.25) is 4.79 Å². The van der Waals surface area contributed by atoms with E-state index in [1.807, 2.05) is 48.5 Å². The van der Waals surface area contributed by atoms with Gasteiger partial charge in [-0.1, -0.05) is 54.6 Å². The van der Waals surface area contributed by atoms with Gasteiger partial charge < -0.3 is 10.4 Å². The highest BCUT2D eigenvalue weighted by Crippen LogP contribution is 2.44. The van der Waals surface area contributed by atoms with E-state index in [0.29, 0.717) is 12.8 Å². The predicted octanol–water partition coefficient (Wildman–Crippen LogP) is 3.33. The molecule has 0 aromatic heterocycles. The van der Waals surface area contributed by atoms with Crippen molar-refractivity contribution in [1.29, 1.82) is 0 Å². The first-order chi connectivity index (χ1) is 11.6. The molecule has 0 aliphatic heterocycles. The number of benzene rings is 2. The zero-order chi connectivity index (χ0) is 17.1. The van der Waals surface area contributed by atoms with E-state index in [1.54, 1.807) is 6.08 Å². The van der Waals surface area contributed by atoms with Crippen LogP contribution in [0.25, 0.3) is 11.1 Å². The minimum Gasteiger partial charge on any atom is -0.480 e. The van der Waals surface area contributed by atoms with Crippen molar-refractivity contribution in [3.8, 4) is 11.1 Å². The van der Waals surface area contributed by atoms with E-state index in [-0.39, 0.29) is 5.91 Å². The van der Waals surface area contributed by atoms with Crippen LogP contribution in [0.2, 0.25) is 0 Å². The fourth-order valence-electron chi connectivity index (χ4n) is 3.23. The smallest absolute Gasteiger partial charge is 0.326 e. The van der Waals surface area contributed by atoms with E-state index in [1.165, 1.54) is 0 Å². The second-order valence-corrected chi connectivity index (χ2v) is 5.87. The van der Waals surface area contributed by atoms with Crippen molar-refractivity contribution < 1.29 is 14.7 Å². The topological polar surface area (TPSA) is 66.4 Å². The Balaban J connectivity index is 1.92. The highest BCUT2D eigenvalue weighted by Gasteiger charge is 2.34. The number of nitrogens with one attached hydrogen (secondary N) is 1. The molecule has 0 spiro atoms. The molecule has 0 radical (unpaired) electrons. The average molecular weight is 321 g/mol. The molecule has 0 unspecified atom stereocenters. The molecule has 1 aliphatic rings. The monoisotopic (exact) mass is 321 g/mol. The van der Waals surface area contributed by atoms with Crippen molar-refractivity contribution in [3.63, 3.8) is 0 Å². The molecule has 0 fully saturated rings. The molecule has 122 valence electrons. The second kappa shape index (κ2) is 6.71. The Morgan fingerprint density at radius 1 is 1.08 bits per heavy atom. The summed E-state index contributed by atoms with van der Waals surface area (Å²) < 4.78 is 0. The first kappa shape index (κ1) is 16.0. The summed E-state index contributed by atoms with van der Waals surface area (Å²) in [5.74, 6) is -1.77. The van der Waals surface area contributed by atoms with Gasteiger partial charge in [-0.2, -0.15) is 0 Å². The molecule has 4 nitrogen and oxygen atoms in total. The van der Waals surface area contributed by atoms with Crippen LogP contribution in [-0.4, -0.2) is 23.0 Å². The number of carbonyl (C=O) groups excluding carboxylic acids is 1. The van der Waals surface area contributed by atoms with Gasteiger partial charge in [0.1, 0.15) is 6.04 Å². The molecule has 4 heteroatoms. The molecule has 2 N–H and O–H groups in total. The van der Waals surface area contributed by atoms with Crippen molar-refractivity contribution in [2.45, 2.75) is 24.8 Å². The molecule has 0 bridgehead atoms. The van der Waals surface area contributed by atoms with E-state index in [4.69, 9.17) is 0 Å². The van der Waals surface area contributed by atoms with Crippen LogP contribution in [0.5, 0.6) is 0 Å². The summed E-state index contributed by atoms with van der Waals surface area (Å²) in [4.78, 5) is 24.2. The van der Waals surface area contributed by atoms with Crippen LogP contribution in [0.15, 0.2) is 61.2 Å². The maximum absolute atomic E-state index is 12.8. The minimum atomic E-state index is -1.02. The third-order valence-electron chi connectivity index (χ3n) is 4.37. The van der Waals surface area contributed by atoms with Crippen molar-refractivity contribution in [1.82, 2.24) is 5.32 Å². The molecule has 1 atom stereocenters. The number of carbonyl (C=O) groups is 2. The van der Waals surface area contributed by atoms with Gasteiger partial charge in [0.05, 0.1) is 5.92 Å². The summed E-state index contributed by atoms with van der Waals surface area (Å²) in [6.07, 6.45) is 2.53. The number of allylic oxidation sites excluding steroid dienone is 1. The molecule has 24 heavy (non-hydrogen) atoms. The molecule has 1 amide bonds. The Hall–Kier alpha value is -2.88. The highest BCUT2D eigenvalue weighted by molar-refractivity contribution is 5.97. The van der Waals surface area contributed by atoms with Gasteiger partial charge in [0, 0.05) is 0 Å². The van der Waals surface area contributed by atoms with Gasteiger partial charge >= 0.3 is 5.97 Å². The summed E-state index contributed by atoms with van der Waals surface area (Å²) in [5.41, 5.74) is 3.91. The SMILES string of the molecule is C=CCC[C@H](NC(=O)C1c2ccccc2-c2ccccc21)C(=O)O. The Labute approximate surface area is 140 Å². The summed E-state index contributed by atoms with van der Waals surface area (Å²) in [6.45, 7) is 3.60. The lowest BCUT2D eigenvalue weighted by Crippen LogP contribution is -2.42. The van der Waals surface area contributed by atoms with Gasteiger partial charge in [0.2, 0.25) is 5.91 Å². The Kier molecular flexibility index (Phi) is 4.47. The summed E-state index contributed by atoms with van der Waals surface area (Å²) >= 11 is 0. The number of carboxylic acid groups (broad SMARTS) is 1. The summed E-state index contributed by atoms with van der Waals surface area (Å²) in [7, 11) is 0. The number of fused-ring (bicyclic) bond motifs is 3. The first-order valence-electron chi connectivity index (χ1n) is 7.95. The maximum atomic E-state index is 12.8. The van der Waals surface area contributed by atoms with Crippen LogP contribution in [0.4, 0.5) is 0 Å². The molecule has 2 aromatic rings. The molecular weight excluding hydrogens is 302 g/mol.